The molecule has 0 unspecified atom stereocenters. The average Bonchev–Trinajstić information content (AvgIpc) is 3.14. The van der Waals surface area contributed by atoms with Gasteiger partial charge in [-0.2, -0.15) is 5.10 Å². The highest BCUT2D eigenvalue weighted by Crippen LogP contribution is 2.47. The molecule has 0 amide bonds. The normalized spacial score (nSPS) is 20.2. The van der Waals surface area contributed by atoms with Gasteiger partial charge in [-0.1, -0.05) is 54.1 Å². The maximum absolute atomic E-state index is 13.4. The van der Waals surface area contributed by atoms with Gasteiger partial charge in [0, 0.05) is 17.5 Å². The number of nitrogens with zero attached hydrogens (tertiary/aromatic N) is 2. The summed E-state index contributed by atoms with van der Waals surface area (Å²) in [4.78, 5) is 0. The number of hydrazone groups is 1. The van der Waals surface area contributed by atoms with Crippen LogP contribution in [-0.2, 0) is 0 Å². The van der Waals surface area contributed by atoms with Gasteiger partial charge in [0.15, 0.2) is 0 Å². The molecule has 2 heterocycles. The molecule has 2 atom stereocenters. The molecule has 0 saturated carbocycles. The summed E-state index contributed by atoms with van der Waals surface area (Å²) in [5.74, 6) is 0.672. The molecule has 28 heavy (non-hydrogen) atoms. The Morgan fingerprint density at radius 1 is 0.964 bits per heavy atom. The van der Waals surface area contributed by atoms with Crippen molar-refractivity contribution in [2.24, 2.45) is 5.10 Å². The van der Waals surface area contributed by atoms with Crippen LogP contribution in [0.3, 0.4) is 0 Å². The van der Waals surface area contributed by atoms with E-state index in [0.29, 0.717) is 0 Å². The van der Waals surface area contributed by atoms with Crippen molar-refractivity contribution in [1.29, 1.82) is 0 Å². The van der Waals surface area contributed by atoms with Crippen molar-refractivity contribution < 1.29 is 9.13 Å². The van der Waals surface area contributed by atoms with E-state index in [1.54, 1.807) is 12.1 Å². The Kier molecular flexibility index (Phi) is 3.93. The fraction of sp³-hybridized carbons (Fsp3) is 0.208. The first-order valence-corrected chi connectivity index (χ1v) is 9.54. The maximum atomic E-state index is 13.4. The summed E-state index contributed by atoms with van der Waals surface area (Å²) in [6.45, 7) is 4.21. The third-order valence-corrected chi connectivity index (χ3v) is 5.57. The summed E-state index contributed by atoms with van der Waals surface area (Å²) in [6, 6.07) is 21.3. The second-order valence-electron chi connectivity index (χ2n) is 7.52. The van der Waals surface area contributed by atoms with Gasteiger partial charge in [0.05, 0.1) is 11.8 Å². The highest BCUT2D eigenvalue weighted by atomic mass is 19.1. The number of ether oxygens (including phenoxy) is 1. The Balaban J connectivity index is 1.61. The van der Waals surface area contributed by atoms with Gasteiger partial charge < -0.3 is 4.74 Å². The zero-order valence-corrected chi connectivity index (χ0v) is 15.9. The van der Waals surface area contributed by atoms with Gasteiger partial charge >= 0.3 is 0 Å². The Bertz CT molecular complexity index is 1070. The number of halogens is 1. The predicted octanol–water partition coefficient (Wildman–Crippen LogP) is 5.68. The Morgan fingerprint density at radius 2 is 1.75 bits per heavy atom. The number of hydrogen-bond acceptors (Lipinski definition) is 3. The van der Waals surface area contributed by atoms with E-state index in [1.165, 1.54) is 23.3 Å². The lowest BCUT2D eigenvalue weighted by Gasteiger charge is -2.38. The molecular weight excluding hydrogens is 351 g/mol. The van der Waals surface area contributed by atoms with Crippen LogP contribution in [0.1, 0.15) is 46.5 Å². The third-order valence-electron chi connectivity index (χ3n) is 5.57. The van der Waals surface area contributed by atoms with Gasteiger partial charge in [-0.3, -0.25) is 0 Å². The zero-order chi connectivity index (χ0) is 19.3. The van der Waals surface area contributed by atoms with Gasteiger partial charge in [-0.25, -0.2) is 9.40 Å². The van der Waals surface area contributed by atoms with Crippen molar-refractivity contribution in [3.63, 3.8) is 0 Å². The number of hydrogen-bond donors (Lipinski definition) is 0. The minimum absolute atomic E-state index is 0.107. The van der Waals surface area contributed by atoms with Gasteiger partial charge in [0.1, 0.15) is 11.6 Å². The van der Waals surface area contributed by atoms with E-state index in [2.05, 4.69) is 43.1 Å². The molecule has 0 bridgehead atoms. The molecule has 0 aliphatic carbocycles. The van der Waals surface area contributed by atoms with Crippen molar-refractivity contribution >= 4 is 5.71 Å². The van der Waals surface area contributed by atoms with Crippen molar-refractivity contribution in [3.05, 3.63) is 100 Å². The lowest BCUT2D eigenvalue weighted by atomic mass is 9.95. The first kappa shape index (κ1) is 17.0. The van der Waals surface area contributed by atoms with Crippen LogP contribution in [0.2, 0.25) is 0 Å². The summed E-state index contributed by atoms with van der Waals surface area (Å²) < 4.78 is 19.8. The van der Waals surface area contributed by atoms with E-state index in [0.717, 1.165) is 34.6 Å². The summed E-state index contributed by atoms with van der Waals surface area (Å²) in [5.41, 5.74) is 6.59. The molecule has 0 spiro atoms. The van der Waals surface area contributed by atoms with Crippen LogP contribution in [-0.4, -0.2) is 10.7 Å². The summed E-state index contributed by atoms with van der Waals surface area (Å²) >= 11 is 0. The molecular formula is C24H21FN2O. The smallest absolute Gasteiger partial charge is 0.214 e. The van der Waals surface area contributed by atoms with E-state index < -0.39 is 0 Å². The molecule has 2 aliphatic rings. The van der Waals surface area contributed by atoms with Gasteiger partial charge in [-0.05, 0) is 43.2 Å². The number of rotatable bonds is 2. The molecule has 0 radical (unpaired) electrons. The molecule has 0 fully saturated rings. The molecule has 0 saturated heterocycles. The quantitative estimate of drug-likeness (QED) is 0.578. The zero-order valence-electron chi connectivity index (χ0n) is 15.9. The van der Waals surface area contributed by atoms with E-state index in [-0.39, 0.29) is 18.1 Å². The van der Waals surface area contributed by atoms with E-state index in [4.69, 9.17) is 9.84 Å². The molecule has 140 valence electrons. The summed E-state index contributed by atoms with van der Waals surface area (Å²) in [7, 11) is 0. The van der Waals surface area contributed by atoms with Gasteiger partial charge in [0.25, 0.3) is 0 Å². The first-order valence-electron chi connectivity index (χ1n) is 9.54. The number of aryl methyl sites for hydroxylation is 2. The van der Waals surface area contributed by atoms with Crippen LogP contribution in [0.4, 0.5) is 4.39 Å². The monoisotopic (exact) mass is 372 g/mol. The first-order chi connectivity index (χ1) is 13.6. The lowest BCUT2D eigenvalue weighted by molar-refractivity contribution is -0.0194. The van der Waals surface area contributed by atoms with Crippen molar-refractivity contribution in [2.45, 2.75) is 32.5 Å². The van der Waals surface area contributed by atoms with Crippen LogP contribution >= 0.6 is 0 Å². The second kappa shape index (κ2) is 6.48. The Morgan fingerprint density at radius 3 is 2.54 bits per heavy atom. The van der Waals surface area contributed by atoms with Crippen molar-refractivity contribution in [1.82, 2.24) is 5.01 Å². The molecule has 2 aliphatic heterocycles. The van der Waals surface area contributed by atoms with Crippen LogP contribution in [0.25, 0.3) is 0 Å². The number of fused-ring (bicyclic) bond motifs is 3. The fourth-order valence-electron chi connectivity index (χ4n) is 4.16. The molecule has 3 aromatic rings. The molecule has 0 aromatic heterocycles. The van der Waals surface area contributed by atoms with Gasteiger partial charge in [0.2, 0.25) is 6.23 Å². The molecule has 3 aromatic carbocycles. The highest BCUT2D eigenvalue weighted by molar-refractivity contribution is 6.01. The van der Waals surface area contributed by atoms with Crippen molar-refractivity contribution in [2.75, 3.05) is 0 Å². The Hall–Kier alpha value is -3.14. The van der Waals surface area contributed by atoms with Crippen LogP contribution in [0.5, 0.6) is 5.75 Å². The Labute approximate surface area is 164 Å². The lowest BCUT2D eigenvalue weighted by Crippen LogP contribution is -2.34. The van der Waals surface area contributed by atoms with E-state index in [9.17, 15) is 4.39 Å². The minimum atomic E-state index is -0.279. The maximum Gasteiger partial charge on any atom is 0.214 e. The van der Waals surface area contributed by atoms with Crippen LogP contribution in [0, 0.1) is 19.7 Å². The molecule has 5 rings (SSSR count). The fourth-order valence-corrected chi connectivity index (χ4v) is 4.16. The summed E-state index contributed by atoms with van der Waals surface area (Å²) in [6.07, 6.45) is 0.492. The summed E-state index contributed by atoms with van der Waals surface area (Å²) in [5, 5.41) is 7.00. The molecule has 4 heteroatoms. The predicted molar refractivity (Wildman–Crippen MR) is 108 cm³/mol. The highest BCUT2D eigenvalue weighted by Gasteiger charge is 2.41. The standard InChI is InChI=1S/C24H21FN2O/c1-15-7-12-19(16(2)13-15)24-27-22(20-5-3-4-6-23(20)28-24)14-21(26-27)17-8-10-18(25)11-9-17/h3-13,22,24H,14H2,1-2H3/t22-,24+/m1/s1. The van der Waals surface area contributed by atoms with Crippen molar-refractivity contribution in [3.8, 4) is 5.75 Å². The molecule has 0 N–H and O–H groups in total. The SMILES string of the molecule is Cc1ccc([C@@H]2Oc3ccccc3[C@H]3CC(c4ccc(F)cc4)=NN32)c(C)c1. The average molecular weight is 372 g/mol. The van der Waals surface area contributed by atoms with E-state index >= 15 is 0 Å². The number of para-hydroxylation sites is 1. The van der Waals surface area contributed by atoms with Gasteiger partial charge in [-0.15, -0.1) is 0 Å². The minimum Gasteiger partial charge on any atom is -0.464 e. The topological polar surface area (TPSA) is 24.8 Å². The van der Waals surface area contributed by atoms with Crippen LogP contribution < -0.4 is 4.74 Å². The largest absolute Gasteiger partial charge is 0.464 e. The molecule has 3 nitrogen and oxygen atoms in total. The second-order valence-corrected chi connectivity index (χ2v) is 7.52. The van der Waals surface area contributed by atoms with Crippen LogP contribution in [0.15, 0.2) is 71.8 Å². The number of benzene rings is 3. The van der Waals surface area contributed by atoms with E-state index in [1.807, 2.05) is 18.2 Å². The third kappa shape index (κ3) is 2.76.